The number of hydrogen-bond donors (Lipinski definition) is 0. The number of likely N-dealkylation sites (tertiary alicyclic amines) is 1. The second kappa shape index (κ2) is 10.9. The molecule has 35 heavy (non-hydrogen) atoms. The van der Waals surface area contributed by atoms with Crippen LogP contribution in [0.5, 0.6) is 0 Å². The smallest absolute Gasteiger partial charge is 0.305 e. The Balaban J connectivity index is 1.14. The molecule has 0 N–H and O–H groups in total. The van der Waals surface area contributed by atoms with Gasteiger partial charge in [-0.3, -0.25) is 14.5 Å². The minimum atomic E-state index is -0.116. The molecular weight excluding hydrogens is 436 g/mol. The Morgan fingerprint density at radius 3 is 2.43 bits per heavy atom. The van der Waals surface area contributed by atoms with Gasteiger partial charge in [0, 0.05) is 31.1 Å². The number of ether oxygens (including phenoxy) is 1. The van der Waals surface area contributed by atoms with Gasteiger partial charge in [0.1, 0.15) is 0 Å². The lowest BCUT2D eigenvalue weighted by Gasteiger charge is -2.34. The zero-order valence-electron chi connectivity index (χ0n) is 21.0. The summed E-state index contributed by atoms with van der Waals surface area (Å²) in [6.45, 7) is 3.99. The van der Waals surface area contributed by atoms with Crippen LogP contribution in [0.4, 0.5) is 0 Å². The molecule has 5 heteroatoms. The Morgan fingerprint density at radius 2 is 1.71 bits per heavy atom. The highest BCUT2D eigenvalue weighted by molar-refractivity contribution is 5.98. The largest absolute Gasteiger partial charge is 0.469 e. The van der Waals surface area contributed by atoms with Gasteiger partial charge in [0.05, 0.1) is 7.11 Å². The molecule has 1 amide bonds. The van der Waals surface area contributed by atoms with E-state index in [1.807, 2.05) is 0 Å². The van der Waals surface area contributed by atoms with E-state index >= 15 is 0 Å². The quantitative estimate of drug-likeness (QED) is 0.495. The Morgan fingerprint density at radius 1 is 0.971 bits per heavy atom. The van der Waals surface area contributed by atoms with Crippen molar-refractivity contribution in [2.24, 2.45) is 5.92 Å². The van der Waals surface area contributed by atoms with Crippen LogP contribution in [0.25, 0.3) is 0 Å². The molecule has 0 atom stereocenters. The molecule has 1 aliphatic carbocycles. The van der Waals surface area contributed by atoms with Gasteiger partial charge in [0.25, 0.3) is 5.91 Å². The first-order chi connectivity index (χ1) is 17.1. The normalized spacial score (nSPS) is 23.3. The van der Waals surface area contributed by atoms with Crippen LogP contribution in [0.3, 0.4) is 0 Å². The molecule has 0 unspecified atom stereocenters. The summed E-state index contributed by atoms with van der Waals surface area (Å²) in [5, 5.41) is 0. The number of fused-ring (bicyclic) bond motifs is 1. The summed E-state index contributed by atoms with van der Waals surface area (Å²) >= 11 is 0. The van der Waals surface area contributed by atoms with Gasteiger partial charge in [-0.05, 0) is 92.6 Å². The van der Waals surface area contributed by atoms with Crippen molar-refractivity contribution in [2.75, 3.05) is 20.2 Å². The SMILES string of the molecule is COC(=O)CC[C@H]1CC[C@H](N2Cc3ccc(C4CCN(Cc5ccccc5)CC4)cc3C2=O)CC1. The summed E-state index contributed by atoms with van der Waals surface area (Å²) in [5.74, 6) is 1.22. The molecule has 0 spiro atoms. The Hall–Kier alpha value is -2.66. The van der Waals surface area contributed by atoms with E-state index in [1.165, 1.54) is 23.8 Å². The number of methoxy groups -OCH3 is 1. The molecule has 186 valence electrons. The summed E-state index contributed by atoms with van der Waals surface area (Å²) in [6.07, 6.45) is 7.98. The van der Waals surface area contributed by atoms with Crippen LogP contribution in [0, 0.1) is 5.92 Å². The number of benzene rings is 2. The van der Waals surface area contributed by atoms with Crippen LogP contribution < -0.4 is 0 Å². The summed E-state index contributed by atoms with van der Waals surface area (Å²) in [6, 6.07) is 17.7. The fourth-order valence-electron chi connectivity index (χ4n) is 6.33. The van der Waals surface area contributed by atoms with Gasteiger partial charge in [-0.15, -0.1) is 0 Å². The van der Waals surface area contributed by atoms with Crippen molar-refractivity contribution in [1.82, 2.24) is 9.80 Å². The highest BCUT2D eigenvalue weighted by Gasteiger charge is 2.35. The molecule has 0 radical (unpaired) electrons. The van der Waals surface area contributed by atoms with Gasteiger partial charge in [0.2, 0.25) is 0 Å². The van der Waals surface area contributed by atoms with Gasteiger partial charge >= 0.3 is 5.97 Å². The number of carbonyl (C=O) groups excluding carboxylic acids is 2. The second-order valence-electron chi connectivity index (χ2n) is 10.7. The van der Waals surface area contributed by atoms with E-state index in [4.69, 9.17) is 4.74 Å². The second-order valence-corrected chi connectivity index (χ2v) is 10.7. The Kier molecular flexibility index (Phi) is 7.52. The number of hydrogen-bond acceptors (Lipinski definition) is 4. The standard InChI is InChI=1S/C30H38N2O3/c1-35-29(33)14-9-22-7-12-27(13-8-22)32-21-26-11-10-25(19-28(26)30(32)34)24-15-17-31(18-16-24)20-23-5-3-2-4-6-23/h2-6,10-11,19,22,24,27H,7-9,12-18,20-21H2,1H3/t22-,27-. The highest BCUT2D eigenvalue weighted by Crippen LogP contribution is 2.37. The van der Waals surface area contributed by atoms with Crippen molar-refractivity contribution in [3.05, 3.63) is 70.8 Å². The lowest BCUT2D eigenvalue weighted by molar-refractivity contribution is -0.141. The zero-order valence-corrected chi connectivity index (χ0v) is 21.0. The van der Waals surface area contributed by atoms with Crippen LogP contribution in [0.2, 0.25) is 0 Å². The maximum Gasteiger partial charge on any atom is 0.305 e. The monoisotopic (exact) mass is 474 g/mol. The first kappa shape index (κ1) is 24.1. The molecule has 2 aromatic rings. The molecule has 5 rings (SSSR count). The molecule has 2 aliphatic heterocycles. The van der Waals surface area contributed by atoms with E-state index < -0.39 is 0 Å². The van der Waals surface area contributed by atoms with Crippen molar-refractivity contribution in [1.29, 1.82) is 0 Å². The number of piperidine rings is 1. The number of amides is 1. The molecule has 2 fully saturated rings. The van der Waals surface area contributed by atoms with Crippen LogP contribution in [-0.2, 0) is 22.6 Å². The van der Waals surface area contributed by atoms with E-state index in [0.29, 0.717) is 24.3 Å². The molecule has 0 aromatic heterocycles. The summed E-state index contributed by atoms with van der Waals surface area (Å²) in [4.78, 5) is 29.5. The predicted octanol–water partition coefficient (Wildman–Crippen LogP) is 5.53. The molecule has 0 bridgehead atoms. The third-order valence-corrected chi connectivity index (χ3v) is 8.52. The average Bonchev–Trinajstić information content (AvgIpc) is 3.24. The van der Waals surface area contributed by atoms with E-state index in [9.17, 15) is 9.59 Å². The number of rotatable bonds is 7. The van der Waals surface area contributed by atoms with Crippen LogP contribution >= 0.6 is 0 Å². The summed E-state index contributed by atoms with van der Waals surface area (Å²) in [7, 11) is 1.45. The fraction of sp³-hybridized carbons (Fsp3) is 0.533. The number of nitrogens with zero attached hydrogens (tertiary/aromatic N) is 2. The van der Waals surface area contributed by atoms with E-state index in [0.717, 1.165) is 76.7 Å². The molecule has 5 nitrogen and oxygen atoms in total. The Labute approximate surface area is 209 Å². The third-order valence-electron chi connectivity index (χ3n) is 8.52. The van der Waals surface area contributed by atoms with E-state index in [2.05, 4.69) is 58.3 Å². The van der Waals surface area contributed by atoms with Crippen LogP contribution in [0.15, 0.2) is 48.5 Å². The number of carbonyl (C=O) groups is 2. The van der Waals surface area contributed by atoms with Crippen molar-refractivity contribution < 1.29 is 14.3 Å². The topological polar surface area (TPSA) is 49.9 Å². The third kappa shape index (κ3) is 5.61. The summed E-state index contributed by atoms with van der Waals surface area (Å²) < 4.78 is 4.78. The lowest BCUT2D eigenvalue weighted by Crippen LogP contribution is -2.38. The minimum absolute atomic E-state index is 0.116. The molecule has 1 saturated carbocycles. The van der Waals surface area contributed by atoms with Gasteiger partial charge < -0.3 is 9.64 Å². The van der Waals surface area contributed by atoms with Crippen molar-refractivity contribution in [3.63, 3.8) is 0 Å². The van der Waals surface area contributed by atoms with Gasteiger partial charge in [-0.25, -0.2) is 0 Å². The first-order valence-corrected chi connectivity index (χ1v) is 13.4. The van der Waals surface area contributed by atoms with Crippen LogP contribution in [-0.4, -0.2) is 47.9 Å². The van der Waals surface area contributed by atoms with Gasteiger partial charge in [0.15, 0.2) is 0 Å². The molecule has 2 heterocycles. The predicted molar refractivity (Wildman–Crippen MR) is 137 cm³/mol. The van der Waals surface area contributed by atoms with E-state index in [-0.39, 0.29) is 11.9 Å². The van der Waals surface area contributed by atoms with Crippen molar-refractivity contribution in [3.8, 4) is 0 Å². The fourth-order valence-corrected chi connectivity index (χ4v) is 6.33. The zero-order chi connectivity index (χ0) is 24.2. The van der Waals surface area contributed by atoms with E-state index in [1.54, 1.807) is 0 Å². The van der Waals surface area contributed by atoms with Crippen molar-refractivity contribution >= 4 is 11.9 Å². The molecule has 1 saturated heterocycles. The number of esters is 1. The lowest BCUT2D eigenvalue weighted by atomic mass is 9.83. The van der Waals surface area contributed by atoms with Gasteiger partial charge in [-0.2, -0.15) is 0 Å². The molecule has 3 aliphatic rings. The maximum atomic E-state index is 13.4. The first-order valence-electron chi connectivity index (χ1n) is 13.4. The molecular formula is C30H38N2O3. The van der Waals surface area contributed by atoms with Crippen molar-refractivity contribution in [2.45, 2.75) is 76.4 Å². The summed E-state index contributed by atoms with van der Waals surface area (Å²) in [5.41, 5.74) is 4.84. The Bertz CT molecular complexity index is 1020. The molecule has 2 aromatic carbocycles. The average molecular weight is 475 g/mol. The van der Waals surface area contributed by atoms with Crippen LogP contribution in [0.1, 0.15) is 84.3 Å². The van der Waals surface area contributed by atoms with Gasteiger partial charge in [-0.1, -0.05) is 42.5 Å². The maximum absolute atomic E-state index is 13.4. The highest BCUT2D eigenvalue weighted by atomic mass is 16.5. The minimum Gasteiger partial charge on any atom is -0.469 e.